The number of rotatable bonds is 4. The van der Waals surface area contributed by atoms with Gasteiger partial charge in [0, 0.05) is 23.2 Å². The van der Waals surface area contributed by atoms with E-state index in [9.17, 15) is 4.79 Å². The molecule has 0 bridgehead atoms. The second-order valence-electron chi connectivity index (χ2n) is 6.69. The molecular weight excluding hydrogens is 425 g/mol. The van der Waals surface area contributed by atoms with Crippen LogP contribution in [-0.4, -0.2) is 20.7 Å². The normalized spacial score (nSPS) is 11.3. The number of benzene rings is 2. The third kappa shape index (κ3) is 3.10. The fourth-order valence-electron chi connectivity index (χ4n) is 3.37. The number of fused-ring (bicyclic) bond motifs is 2. The van der Waals surface area contributed by atoms with Crippen molar-refractivity contribution in [2.24, 2.45) is 0 Å². The van der Waals surface area contributed by atoms with Gasteiger partial charge in [0.25, 0.3) is 0 Å². The highest BCUT2D eigenvalue weighted by Crippen LogP contribution is 2.34. The molecule has 2 aromatic carbocycles. The van der Waals surface area contributed by atoms with Gasteiger partial charge in [0.05, 0.1) is 16.0 Å². The standard InChI is InChI=1S/C22H13Cl2N3O3/c1-11-7-12-3-2-4-17(20(12)29-11)30-13-5-6-14(16(23)8-13)19(28)15-9-25-22-18(15)21(24)26-10-27-22/h2-10H,1H3,(H,25,26,27). The lowest BCUT2D eigenvalue weighted by Gasteiger charge is -2.09. The first-order chi connectivity index (χ1) is 14.5. The van der Waals surface area contributed by atoms with Gasteiger partial charge < -0.3 is 14.1 Å². The number of aromatic amines is 1. The van der Waals surface area contributed by atoms with Crippen LogP contribution in [0.3, 0.4) is 0 Å². The number of halogens is 2. The van der Waals surface area contributed by atoms with Gasteiger partial charge in [0.1, 0.15) is 28.6 Å². The molecule has 0 saturated heterocycles. The Bertz CT molecular complexity index is 1440. The Hall–Kier alpha value is -3.35. The highest BCUT2D eigenvalue weighted by molar-refractivity contribution is 6.38. The summed E-state index contributed by atoms with van der Waals surface area (Å²) in [6, 6.07) is 12.5. The molecule has 0 saturated carbocycles. The molecule has 0 atom stereocenters. The Morgan fingerprint density at radius 1 is 1.10 bits per heavy atom. The van der Waals surface area contributed by atoms with Crippen molar-refractivity contribution in [3.05, 3.63) is 82.1 Å². The summed E-state index contributed by atoms with van der Waals surface area (Å²) in [4.78, 5) is 24.0. The molecule has 3 aromatic heterocycles. The van der Waals surface area contributed by atoms with Crippen LogP contribution in [0, 0.1) is 6.92 Å². The molecule has 0 fully saturated rings. The second kappa shape index (κ2) is 7.16. The third-order valence-corrected chi connectivity index (χ3v) is 5.31. The SMILES string of the molecule is Cc1cc2cccc(Oc3ccc(C(=O)c4c[nH]c5ncnc(Cl)c45)c(Cl)c3)c2o1. The average molecular weight is 438 g/mol. The van der Waals surface area contributed by atoms with Gasteiger partial charge >= 0.3 is 0 Å². The quantitative estimate of drug-likeness (QED) is 0.262. The first-order valence-electron chi connectivity index (χ1n) is 9.00. The summed E-state index contributed by atoms with van der Waals surface area (Å²) in [5, 5.41) is 1.85. The molecule has 3 heterocycles. The van der Waals surface area contributed by atoms with Crippen LogP contribution >= 0.6 is 23.2 Å². The molecule has 0 amide bonds. The number of aryl methyl sites for hydroxylation is 1. The summed E-state index contributed by atoms with van der Waals surface area (Å²) >= 11 is 12.6. The van der Waals surface area contributed by atoms with Crippen LogP contribution in [0.15, 0.2) is 59.4 Å². The average Bonchev–Trinajstić information content (AvgIpc) is 3.32. The van der Waals surface area contributed by atoms with Gasteiger partial charge in [-0.1, -0.05) is 35.3 Å². The van der Waals surface area contributed by atoms with E-state index in [1.807, 2.05) is 31.2 Å². The van der Waals surface area contributed by atoms with E-state index < -0.39 is 0 Å². The zero-order valence-corrected chi connectivity index (χ0v) is 17.1. The van der Waals surface area contributed by atoms with Crippen LogP contribution in [0.4, 0.5) is 0 Å². The predicted octanol–water partition coefficient (Wildman–Crippen LogP) is 6.34. The molecule has 5 rings (SSSR count). The zero-order chi connectivity index (χ0) is 20.8. The molecule has 0 aliphatic heterocycles. The van der Waals surface area contributed by atoms with Crippen molar-refractivity contribution in [1.82, 2.24) is 15.0 Å². The third-order valence-electron chi connectivity index (χ3n) is 4.71. The van der Waals surface area contributed by atoms with E-state index in [2.05, 4.69) is 15.0 Å². The lowest BCUT2D eigenvalue weighted by Crippen LogP contribution is -2.02. The minimum absolute atomic E-state index is 0.197. The molecule has 0 aliphatic rings. The number of hydrogen-bond acceptors (Lipinski definition) is 5. The summed E-state index contributed by atoms with van der Waals surface area (Å²) in [6.45, 7) is 1.88. The van der Waals surface area contributed by atoms with Crippen molar-refractivity contribution >= 4 is 51.0 Å². The molecule has 30 heavy (non-hydrogen) atoms. The monoisotopic (exact) mass is 437 g/mol. The number of aromatic nitrogens is 3. The first-order valence-corrected chi connectivity index (χ1v) is 9.75. The summed E-state index contributed by atoms with van der Waals surface area (Å²) in [7, 11) is 0. The maximum atomic E-state index is 13.1. The predicted molar refractivity (Wildman–Crippen MR) is 115 cm³/mol. The Morgan fingerprint density at radius 2 is 1.97 bits per heavy atom. The summed E-state index contributed by atoms with van der Waals surface area (Å²) in [5.41, 5.74) is 1.80. The highest BCUT2D eigenvalue weighted by Gasteiger charge is 2.20. The smallest absolute Gasteiger partial charge is 0.196 e. The van der Waals surface area contributed by atoms with E-state index in [4.69, 9.17) is 32.4 Å². The number of hydrogen-bond donors (Lipinski definition) is 1. The van der Waals surface area contributed by atoms with Gasteiger partial charge in [-0.2, -0.15) is 0 Å². The number of nitrogens with one attached hydrogen (secondary N) is 1. The molecule has 8 heteroatoms. The Morgan fingerprint density at radius 3 is 2.80 bits per heavy atom. The molecule has 0 radical (unpaired) electrons. The van der Waals surface area contributed by atoms with E-state index in [1.165, 1.54) is 6.33 Å². The van der Waals surface area contributed by atoms with Crippen LogP contribution < -0.4 is 4.74 Å². The van der Waals surface area contributed by atoms with E-state index in [0.717, 1.165) is 11.1 Å². The number of H-pyrrole nitrogens is 1. The summed E-state index contributed by atoms with van der Waals surface area (Å²) < 4.78 is 11.7. The number of nitrogens with zero attached hydrogens (tertiary/aromatic N) is 2. The van der Waals surface area contributed by atoms with E-state index >= 15 is 0 Å². The van der Waals surface area contributed by atoms with Crippen molar-refractivity contribution < 1.29 is 13.9 Å². The van der Waals surface area contributed by atoms with Crippen LogP contribution in [0.2, 0.25) is 10.2 Å². The molecule has 1 N–H and O–H groups in total. The summed E-state index contributed by atoms with van der Waals surface area (Å²) in [6.07, 6.45) is 2.88. The van der Waals surface area contributed by atoms with Crippen LogP contribution in [0.1, 0.15) is 21.7 Å². The topological polar surface area (TPSA) is 81.0 Å². The van der Waals surface area contributed by atoms with Gasteiger partial charge in [-0.25, -0.2) is 9.97 Å². The number of ether oxygens (including phenoxy) is 1. The molecule has 0 unspecified atom stereocenters. The molecular formula is C22H13Cl2N3O3. The largest absolute Gasteiger partial charge is 0.457 e. The number of carbonyl (C=O) groups excluding carboxylic acids is 1. The van der Waals surface area contributed by atoms with Crippen molar-refractivity contribution in [2.75, 3.05) is 0 Å². The van der Waals surface area contributed by atoms with Crippen molar-refractivity contribution in [2.45, 2.75) is 6.92 Å². The Balaban J connectivity index is 1.49. The number of carbonyl (C=O) groups is 1. The van der Waals surface area contributed by atoms with Gasteiger partial charge in [0.15, 0.2) is 17.1 Å². The minimum atomic E-state index is -0.293. The Kier molecular flexibility index (Phi) is 4.46. The van der Waals surface area contributed by atoms with E-state index in [-0.39, 0.29) is 16.0 Å². The van der Waals surface area contributed by atoms with Gasteiger partial charge in [0.2, 0.25) is 0 Å². The van der Waals surface area contributed by atoms with Gasteiger partial charge in [-0.15, -0.1) is 0 Å². The second-order valence-corrected chi connectivity index (χ2v) is 7.46. The number of para-hydroxylation sites is 1. The number of ketones is 1. The van der Waals surface area contributed by atoms with Crippen molar-refractivity contribution in [3.8, 4) is 11.5 Å². The van der Waals surface area contributed by atoms with E-state index in [1.54, 1.807) is 24.4 Å². The van der Waals surface area contributed by atoms with Gasteiger partial charge in [-0.3, -0.25) is 4.79 Å². The van der Waals surface area contributed by atoms with Gasteiger partial charge in [-0.05, 0) is 31.2 Å². The Labute approximate surface area is 180 Å². The maximum Gasteiger partial charge on any atom is 0.196 e. The van der Waals surface area contributed by atoms with Crippen LogP contribution in [0.25, 0.3) is 22.0 Å². The molecule has 0 aliphatic carbocycles. The molecule has 6 nitrogen and oxygen atoms in total. The fourth-order valence-corrected chi connectivity index (χ4v) is 3.86. The first kappa shape index (κ1) is 18.7. The van der Waals surface area contributed by atoms with Crippen molar-refractivity contribution in [1.29, 1.82) is 0 Å². The molecule has 5 aromatic rings. The fraction of sp³-hybridized carbons (Fsp3) is 0.0455. The van der Waals surface area contributed by atoms with Crippen LogP contribution in [0.5, 0.6) is 11.5 Å². The van der Waals surface area contributed by atoms with Crippen molar-refractivity contribution in [3.63, 3.8) is 0 Å². The maximum absolute atomic E-state index is 13.1. The lowest BCUT2D eigenvalue weighted by atomic mass is 10.0. The number of furan rings is 1. The minimum Gasteiger partial charge on any atom is -0.457 e. The highest BCUT2D eigenvalue weighted by atomic mass is 35.5. The lowest BCUT2D eigenvalue weighted by molar-refractivity contribution is 0.104. The molecule has 0 spiro atoms. The summed E-state index contributed by atoms with van der Waals surface area (Å²) in [5.74, 6) is 1.55. The zero-order valence-electron chi connectivity index (χ0n) is 15.6. The van der Waals surface area contributed by atoms with E-state index in [0.29, 0.717) is 39.2 Å². The van der Waals surface area contributed by atoms with Crippen LogP contribution in [-0.2, 0) is 0 Å². The molecule has 148 valence electrons.